The molecule has 1 saturated heterocycles. The first-order valence-corrected chi connectivity index (χ1v) is 6.14. The molecule has 1 heterocycles. The molecule has 1 aromatic rings. The van der Waals surface area contributed by atoms with E-state index in [1.54, 1.807) is 6.07 Å². The Morgan fingerprint density at radius 2 is 2.06 bits per heavy atom. The smallest absolute Gasteiger partial charge is 0.338 e. The predicted octanol–water partition coefficient (Wildman–Crippen LogP) is 2.34. The summed E-state index contributed by atoms with van der Waals surface area (Å²) in [6, 6.07) is 5.51. The Bertz CT molecular complexity index is 422. The molecule has 0 unspecified atom stereocenters. The maximum Gasteiger partial charge on any atom is 0.338 e. The second kappa shape index (κ2) is 5.87. The van der Waals surface area contributed by atoms with Crippen molar-refractivity contribution in [2.45, 2.75) is 25.9 Å². The Labute approximate surface area is 107 Å². The van der Waals surface area contributed by atoms with Gasteiger partial charge in [-0.3, -0.25) is 0 Å². The monoisotopic (exact) mass is 250 g/mol. The van der Waals surface area contributed by atoms with E-state index in [4.69, 9.17) is 14.2 Å². The van der Waals surface area contributed by atoms with E-state index >= 15 is 0 Å². The third-order valence-corrected chi connectivity index (χ3v) is 3.09. The van der Waals surface area contributed by atoms with Gasteiger partial charge in [0, 0.05) is 12.8 Å². The van der Waals surface area contributed by atoms with Gasteiger partial charge < -0.3 is 14.2 Å². The minimum absolute atomic E-state index is 0.173. The summed E-state index contributed by atoms with van der Waals surface area (Å²) in [5.74, 6) is 0.387. The zero-order valence-electron chi connectivity index (χ0n) is 10.8. The van der Waals surface area contributed by atoms with Gasteiger partial charge in [-0.25, -0.2) is 4.79 Å². The van der Waals surface area contributed by atoms with Gasteiger partial charge in [-0.05, 0) is 24.6 Å². The van der Waals surface area contributed by atoms with E-state index in [9.17, 15) is 4.79 Å². The molecule has 0 aliphatic carbocycles. The fraction of sp³-hybridized carbons (Fsp3) is 0.500. The molecule has 1 aliphatic heterocycles. The maximum absolute atomic E-state index is 11.6. The zero-order valence-corrected chi connectivity index (χ0v) is 10.8. The molecule has 2 rings (SSSR count). The number of aryl methyl sites for hydroxylation is 1. The van der Waals surface area contributed by atoms with Crippen LogP contribution < -0.4 is 4.74 Å². The van der Waals surface area contributed by atoms with E-state index in [1.165, 1.54) is 7.11 Å². The molecule has 0 N–H and O–H groups in total. The van der Waals surface area contributed by atoms with Crippen molar-refractivity contribution in [2.24, 2.45) is 0 Å². The van der Waals surface area contributed by atoms with Crippen molar-refractivity contribution in [2.75, 3.05) is 20.3 Å². The first-order valence-electron chi connectivity index (χ1n) is 6.14. The van der Waals surface area contributed by atoms with Crippen LogP contribution in [-0.2, 0) is 9.47 Å². The molecule has 1 fully saturated rings. The highest BCUT2D eigenvalue weighted by Gasteiger charge is 2.17. The lowest BCUT2D eigenvalue weighted by atomic mass is 10.1. The summed E-state index contributed by atoms with van der Waals surface area (Å²) in [4.78, 5) is 11.6. The molecule has 1 aromatic carbocycles. The van der Waals surface area contributed by atoms with Crippen LogP contribution in [-0.4, -0.2) is 32.4 Å². The highest BCUT2D eigenvalue weighted by Crippen LogP contribution is 2.22. The van der Waals surface area contributed by atoms with Gasteiger partial charge in [0.25, 0.3) is 0 Å². The van der Waals surface area contributed by atoms with Crippen LogP contribution in [0.5, 0.6) is 5.75 Å². The summed E-state index contributed by atoms with van der Waals surface area (Å²) in [7, 11) is 1.38. The topological polar surface area (TPSA) is 44.8 Å². The Morgan fingerprint density at radius 3 is 2.72 bits per heavy atom. The van der Waals surface area contributed by atoms with Crippen LogP contribution in [0.1, 0.15) is 28.8 Å². The van der Waals surface area contributed by atoms with Gasteiger partial charge in [-0.2, -0.15) is 0 Å². The van der Waals surface area contributed by atoms with Crippen LogP contribution in [0, 0.1) is 6.92 Å². The van der Waals surface area contributed by atoms with Crippen molar-refractivity contribution < 1.29 is 19.0 Å². The average Bonchev–Trinajstić information content (AvgIpc) is 2.41. The fourth-order valence-corrected chi connectivity index (χ4v) is 1.99. The van der Waals surface area contributed by atoms with E-state index in [2.05, 4.69) is 0 Å². The van der Waals surface area contributed by atoms with Crippen molar-refractivity contribution in [3.63, 3.8) is 0 Å². The number of carbonyl (C=O) groups excluding carboxylic acids is 1. The fourth-order valence-electron chi connectivity index (χ4n) is 1.99. The first kappa shape index (κ1) is 12.9. The van der Waals surface area contributed by atoms with Crippen molar-refractivity contribution >= 4 is 5.97 Å². The molecule has 18 heavy (non-hydrogen) atoms. The van der Waals surface area contributed by atoms with Gasteiger partial charge >= 0.3 is 5.97 Å². The molecule has 4 nitrogen and oxygen atoms in total. The van der Waals surface area contributed by atoms with E-state index in [0.29, 0.717) is 11.3 Å². The largest absolute Gasteiger partial charge is 0.490 e. The molecule has 0 amide bonds. The summed E-state index contributed by atoms with van der Waals surface area (Å²) >= 11 is 0. The number of carbonyl (C=O) groups is 1. The molecule has 0 saturated carbocycles. The van der Waals surface area contributed by atoms with E-state index in [-0.39, 0.29) is 12.1 Å². The summed E-state index contributed by atoms with van der Waals surface area (Å²) in [6.45, 7) is 3.35. The van der Waals surface area contributed by atoms with Crippen molar-refractivity contribution in [1.82, 2.24) is 0 Å². The summed E-state index contributed by atoms with van der Waals surface area (Å²) in [5.41, 5.74) is 1.45. The molecule has 98 valence electrons. The molecule has 0 spiro atoms. The normalized spacial score (nSPS) is 16.3. The third kappa shape index (κ3) is 3.01. The van der Waals surface area contributed by atoms with Crippen molar-refractivity contribution in [3.05, 3.63) is 29.3 Å². The summed E-state index contributed by atoms with van der Waals surface area (Å²) < 4.78 is 15.9. The molecule has 1 aliphatic rings. The van der Waals surface area contributed by atoms with Gasteiger partial charge in [0.15, 0.2) is 0 Å². The van der Waals surface area contributed by atoms with Crippen LogP contribution in [0.25, 0.3) is 0 Å². The average molecular weight is 250 g/mol. The second-order valence-electron chi connectivity index (χ2n) is 4.40. The number of benzene rings is 1. The molecular weight excluding hydrogens is 232 g/mol. The van der Waals surface area contributed by atoms with Gasteiger partial charge in [0.2, 0.25) is 0 Å². The van der Waals surface area contributed by atoms with Gasteiger partial charge in [0.05, 0.1) is 25.9 Å². The standard InChI is InChI=1S/C14H18O4/c1-10-3-4-12(9-13(10)14(15)16-2)18-11-5-7-17-8-6-11/h3-4,9,11H,5-8H2,1-2H3. The lowest BCUT2D eigenvalue weighted by Crippen LogP contribution is -2.26. The van der Waals surface area contributed by atoms with Crippen LogP contribution in [0.3, 0.4) is 0 Å². The number of hydrogen-bond donors (Lipinski definition) is 0. The zero-order chi connectivity index (χ0) is 13.0. The number of rotatable bonds is 3. The number of methoxy groups -OCH3 is 1. The van der Waals surface area contributed by atoms with Gasteiger partial charge in [-0.15, -0.1) is 0 Å². The number of hydrogen-bond acceptors (Lipinski definition) is 4. The molecule has 0 aromatic heterocycles. The minimum atomic E-state index is -0.329. The molecule has 0 atom stereocenters. The van der Waals surface area contributed by atoms with Crippen molar-refractivity contribution in [1.29, 1.82) is 0 Å². The van der Waals surface area contributed by atoms with E-state index in [0.717, 1.165) is 31.6 Å². The van der Waals surface area contributed by atoms with E-state index in [1.807, 2.05) is 19.1 Å². The lowest BCUT2D eigenvalue weighted by molar-refractivity contribution is 0.0254. The third-order valence-electron chi connectivity index (χ3n) is 3.09. The van der Waals surface area contributed by atoms with Gasteiger partial charge in [-0.1, -0.05) is 6.07 Å². The van der Waals surface area contributed by atoms with Gasteiger partial charge in [0.1, 0.15) is 11.9 Å². The lowest BCUT2D eigenvalue weighted by Gasteiger charge is -2.23. The highest BCUT2D eigenvalue weighted by molar-refractivity contribution is 5.91. The van der Waals surface area contributed by atoms with Crippen LogP contribution in [0.15, 0.2) is 18.2 Å². The Balaban J connectivity index is 2.11. The van der Waals surface area contributed by atoms with Crippen LogP contribution in [0.4, 0.5) is 0 Å². The van der Waals surface area contributed by atoms with Crippen molar-refractivity contribution in [3.8, 4) is 5.75 Å². The van der Waals surface area contributed by atoms with Crippen LogP contribution >= 0.6 is 0 Å². The Kier molecular flexibility index (Phi) is 4.20. The molecular formula is C14H18O4. The Hall–Kier alpha value is -1.55. The number of esters is 1. The second-order valence-corrected chi connectivity index (χ2v) is 4.40. The number of ether oxygens (including phenoxy) is 3. The summed E-state index contributed by atoms with van der Waals surface area (Å²) in [5, 5.41) is 0. The first-order chi connectivity index (χ1) is 8.70. The molecule has 0 radical (unpaired) electrons. The minimum Gasteiger partial charge on any atom is -0.490 e. The maximum atomic E-state index is 11.6. The quantitative estimate of drug-likeness (QED) is 0.772. The Morgan fingerprint density at radius 1 is 1.33 bits per heavy atom. The SMILES string of the molecule is COC(=O)c1cc(OC2CCOCC2)ccc1C. The van der Waals surface area contributed by atoms with E-state index < -0.39 is 0 Å². The molecule has 4 heteroatoms. The summed E-state index contributed by atoms with van der Waals surface area (Å²) in [6.07, 6.45) is 1.95. The van der Waals surface area contributed by atoms with Crippen LogP contribution in [0.2, 0.25) is 0 Å². The molecule has 0 bridgehead atoms. The predicted molar refractivity (Wildman–Crippen MR) is 67.0 cm³/mol. The highest BCUT2D eigenvalue weighted by atomic mass is 16.5.